The third-order valence-electron chi connectivity index (χ3n) is 3.75. The first kappa shape index (κ1) is 15.0. The zero-order valence-corrected chi connectivity index (χ0v) is 12.2. The molecule has 0 radical (unpaired) electrons. The number of aliphatic hydroxyl groups is 1. The first-order valence-electron chi connectivity index (χ1n) is 7.13. The second-order valence-electron chi connectivity index (χ2n) is 5.33. The quantitative estimate of drug-likeness (QED) is 0.857. The van der Waals surface area contributed by atoms with Crippen molar-refractivity contribution < 1.29 is 9.84 Å². The van der Waals surface area contributed by atoms with E-state index in [0.717, 1.165) is 31.6 Å². The van der Waals surface area contributed by atoms with E-state index in [1.54, 1.807) is 26.3 Å². The van der Waals surface area contributed by atoms with E-state index in [0.29, 0.717) is 19.1 Å². The highest BCUT2D eigenvalue weighted by molar-refractivity contribution is 5.43. The molecule has 20 heavy (non-hydrogen) atoms. The van der Waals surface area contributed by atoms with Crippen molar-refractivity contribution in [2.24, 2.45) is 0 Å². The number of anilines is 1. The Kier molecular flexibility index (Phi) is 5.14. The molecule has 2 heterocycles. The van der Waals surface area contributed by atoms with Gasteiger partial charge in [-0.25, -0.2) is 4.68 Å². The van der Waals surface area contributed by atoms with Crippen LogP contribution in [0, 0.1) is 0 Å². The normalized spacial score (nSPS) is 18.2. The Balaban J connectivity index is 2.00. The minimum absolute atomic E-state index is 0.114. The molecule has 0 amide bonds. The van der Waals surface area contributed by atoms with Crippen molar-refractivity contribution in [2.75, 3.05) is 25.1 Å². The Labute approximate surface area is 119 Å². The summed E-state index contributed by atoms with van der Waals surface area (Å²) in [6, 6.07) is 1.63. The Hall–Kier alpha value is -1.40. The molecule has 1 aliphatic rings. The van der Waals surface area contributed by atoms with Crippen LogP contribution < -0.4 is 10.5 Å². The minimum Gasteiger partial charge on any atom is -0.393 e. The molecular weight excluding hydrogens is 258 g/mol. The number of piperidine rings is 1. The van der Waals surface area contributed by atoms with E-state index in [-0.39, 0.29) is 5.56 Å². The largest absolute Gasteiger partial charge is 0.393 e. The molecule has 0 aromatic carbocycles. The van der Waals surface area contributed by atoms with Crippen LogP contribution in [0.25, 0.3) is 0 Å². The van der Waals surface area contributed by atoms with Gasteiger partial charge in [-0.3, -0.25) is 4.79 Å². The van der Waals surface area contributed by atoms with E-state index >= 15 is 0 Å². The standard InChI is InChI=1S/C14H23N3O3/c1-11(18)3-8-17-14(19)9-12(10-15-17)16-6-4-13(20-2)5-7-16/h9-11,13,18H,3-8H2,1-2H3. The molecule has 1 aromatic heterocycles. The van der Waals surface area contributed by atoms with Crippen LogP contribution >= 0.6 is 0 Å². The topological polar surface area (TPSA) is 67.6 Å². The van der Waals surface area contributed by atoms with Crippen LogP contribution in [0.4, 0.5) is 5.69 Å². The smallest absolute Gasteiger partial charge is 0.268 e. The summed E-state index contributed by atoms with van der Waals surface area (Å²) in [6.45, 7) is 3.93. The third kappa shape index (κ3) is 3.80. The molecule has 0 bridgehead atoms. The van der Waals surface area contributed by atoms with Crippen molar-refractivity contribution in [3.05, 3.63) is 22.6 Å². The maximum atomic E-state index is 12.0. The number of hydrogen-bond acceptors (Lipinski definition) is 5. The Morgan fingerprint density at radius 2 is 2.20 bits per heavy atom. The molecule has 1 fully saturated rings. The van der Waals surface area contributed by atoms with E-state index in [1.807, 2.05) is 0 Å². The molecule has 112 valence electrons. The summed E-state index contributed by atoms with van der Waals surface area (Å²) >= 11 is 0. The summed E-state index contributed by atoms with van der Waals surface area (Å²) in [5.41, 5.74) is 0.759. The average molecular weight is 281 g/mol. The summed E-state index contributed by atoms with van der Waals surface area (Å²) in [6.07, 6.45) is 4.12. The van der Waals surface area contributed by atoms with E-state index in [4.69, 9.17) is 4.74 Å². The van der Waals surface area contributed by atoms with Crippen molar-refractivity contribution in [2.45, 2.75) is 44.9 Å². The number of rotatable bonds is 5. The highest BCUT2D eigenvalue weighted by Gasteiger charge is 2.19. The summed E-state index contributed by atoms with van der Waals surface area (Å²) in [5, 5.41) is 13.4. The van der Waals surface area contributed by atoms with Crippen LogP contribution in [0.5, 0.6) is 0 Å². The maximum absolute atomic E-state index is 12.0. The van der Waals surface area contributed by atoms with Gasteiger partial charge in [0.25, 0.3) is 5.56 Å². The zero-order valence-electron chi connectivity index (χ0n) is 12.2. The number of aromatic nitrogens is 2. The average Bonchev–Trinajstić information content (AvgIpc) is 2.46. The van der Waals surface area contributed by atoms with Gasteiger partial charge in [0.2, 0.25) is 0 Å². The summed E-state index contributed by atoms with van der Waals surface area (Å²) in [5.74, 6) is 0. The van der Waals surface area contributed by atoms with Gasteiger partial charge in [-0.15, -0.1) is 0 Å². The van der Waals surface area contributed by atoms with Crippen LogP contribution in [0.15, 0.2) is 17.1 Å². The van der Waals surface area contributed by atoms with E-state index in [9.17, 15) is 9.90 Å². The second kappa shape index (κ2) is 6.85. The van der Waals surface area contributed by atoms with Crippen molar-refractivity contribution in [3.63, 3.8) is 0 Å². The monoisotopic (exact) mass is 281 g/mol. The molecule has 2 rings (SSSR count). The Morgan fingerprint density at radius 1 is 1.50 bits per heavy atom. The van der Waals surface area contributed by atoms with Crippen LogP contribution in [0.2, 0.25) is 0 Å². The Morgan fingerprint density at radius 3 is 2.75 bits per heavy atom. The number of ether oxygens (including phenoxy) is 1. The van der Waals surface area contributed by atoms with Gasteiger partial charge in [0, 0.05) is 32.8 Å². The highest BCUT2D eigenvalue weighted by atomic mass is 16.5. The van der Waals surface area contributed by atoms with E-state index in [2.05, 4.69) is 10.00 Å². The fourth-order valence-electron chi connectivity index (χ4n) is 2.42. The number of hydrogen-bond donors (Lipinski definition) is 1. The summed E-state index contributed by atoms with van der Waals surface area (Å²) < 4.78 is 6.74. The molecule has 1 aromatic rings. The van der Waals surface area contributed by atoms with Gasteiger partial charge in [-0.05, 0) is 26.2 Å². The van der Waals surface area contributed by atoms with Crippen LogP contribution in [-0.4, -0.2) is 47.3 Å². The highest BCUT2D eigenvalue weighted by Crippen LogP contribution is 2.18. The SMILES string of the molecule is COC1CCN(c2cnn(CCC(C)O)c(=O)c2)CC1. The molecule has 1 saturated heterocycles. The van der Waals surface area contributed by atoms with Gasteiger partial charge in [0.1, 0.15) is 0 Å². The van der Waals surface area contributed by atoms with Gasteiger partial charge >= 0.3 is 0 Å². The van der Waals surface area contributed by atoms with Crippen molar-refractivity contribution in [1.29, 1.82) is 0 Å². The van der Waals surface area contributed by atoms with E-state index < -0.39 is 6.10 Å². The molecule has 1 unspecified atom stereocenters. The fourth-order valence-corrected chi connectivity index (χ4v) is 2.42. The lowest BCUT2D eigenvalue weighted by Crippen LogP contribution is -2.37. The predicted octanol–water partition coefficient (Wildman–Crippen LogP) is 0.629. The molecular formula is C14H23N3O3. The second-order valence-corrected chi connectivity index (χ2v) is 5.33. The van der Waals surface area contributed by atoms with E-state index in [1.165, 1.54) is 4.68 Å². The summed E-state index contributed by atoms with van der Waals surface area (Å²) in [7, 11) is 1.74. The summed E-state index contributed by atoms with van der Waals surface area (Å²) in [4.78, 5) is 14.2. The van der Waals surface area contributed by atoms with Gasteiger partial charge < -0.3 is 14.7 Å². The third-order valence-corrected chi connectivity index (χ3v) is 3.75. The molecule has 6 heteroatoms. The molecule has 1 aliphatic heterocycles. The fraction of sp³-hybridized carbons (Fsp3) is 0.714. The minimum atomic E-state index is -0.420. The van der Waals surface area contributed by atoms with Crippen molar-refractivity contribution in [3.8, 4) is 0 Å². The van der Waals surface area contributed by atoms with Crippen LogP contribution in [0.3, 0.4) is 0 Å². The molecule has 0 spiro atoms. The first-order chi connectivity index (χ1) is 9.60. The number of aliphatic hydroxyl groups excluding tert-OH is 1. The van der Waals surface area contributed by atoms with Gasteiger partial charge in [-0.1, -0.05) is 0 Å². The number of methoxy groups -OCH3 is 1. The van der Waals surface area contributed by atoms with Crippen LogP contribution in [0.1, 0.15) is 26.2 Å². The molecule has 1 N–H and O–H groups in total. The van der Waals surface area contributed by atoms with Gasteiger partial charge in [0.15, 0.2) is 0 Å². The van der Waals surface area contributed by atoms with Gasteiger partial charge in [0.05, 0.1) is 24.1 Å². The van der Waals surface area contributed by atoms with Crippen LogP contribution in [-0.2, 0) is 11.3 Å². The zero-order chi connectivity index (χ0) is 14.5. The molecule has 1 atom stereocenters. The molecule has 0 saturated carbocycles. The lowest BCUT2D eigenvalue weighted by atomic mass is 10.1. The number of nitrogens with zero attached hydrogens (tertiary/aromatic N) is 3. The maximum Gasteiger partial charge on any atom is 0.268 e. The lowest BCUT2D eigenvalue weighted by molar-refractivity contribution is 0.0819. The molecule has 0 aliphatic carbocycles. The number of aryl methyl sites for hydroxylation is 1. The first-order valence-corrected chi connectivity index (χ1v) is 7.13. The van der Waals surface area contributed by atoms with Crippen molar-refractivity contribution in [1.82, 2.24) is 9.78 Å². The Bertz CT molecular complexity index is 479. The molecule has 6 nitrogen and oxygen atoms in total. The van der Waals surface area contributed by atoms with Gasteiger partial charge in [-0.2, -0.15) is 5.10 Å². The predicted molar refractivity (Wildman–Crippen MR) is 77.0 cm³/mol. The lowest BCUT2D eigenvalue weighted by Gasteiger charge is -2.32. The van der Waals surface area contributed by atoms with Crippen molar-refractivity contribution >= 4 is 5.69 Å².